The number of fused-ring (bicyclic) bond motifs is 1. The van der Waals surface area contributed by atoms with Gasteiger partial charge in [0.2, 0.25) is 0 Å². The van der Waals surface area contributed by atoms with Gasteiger partial charge in [-0.25, -0.2) is 0 Å². The van der Waals surface area contributed by atoms with E-state index in [1.54, 1.807) is 18.3 Å². The summed E-state index contributed by atoms with van der Waals surface area (Å²) in [6.45, 7) is 2.03. The summed E-state index contributed by atoms with van der Waals surface area (Å²) in [6.07, 6.45) is 0.0503. The van der Waals surface area contributed by atoms with E-state index in [-0.39, 0.29) is 20.8 Å². The Morgan fingerprint density at radius 1 is 1.12 bits per heavy atom. The predicted octanol–water partition coefficient (Wildman–Crippen LogP) is 4.89. The van der Waals surface area contributed by atoms with Crippen LogP contribution in [-0.2, 0) is 16.6 Å². The fraction of sp³-hybridized carbons (Fsp3) is 0.292. The third-order valence-electron chi connectivity index (χ3n) is 6.01. The molecule has 2 aromatic heterocycles. The first kappa shape index (κ1) is 22.0. The monoisotopic (exact) mass is 566 g/mol. The summed E-state index contributed by atoms with van der Waals surface area (Å²) in [6, 6.07) is 11.7. The molecule has 0 unspecified atom stereocenters. The molecular formula is C24H21F2IN2O4. The van der Waals surface area contributed by atoms with Crippen LogP contribution in [0.15, 0.2) is 53.5 Å². The normalized spacial score (nSPS) is 17.5. The van der Waals surface area contributed by atoms with E-state index < -0.39 is 31.5 Å². The third-order valence-corrected chi connectivity index (χ3v) is 10.8. The van der Waals surface area contributed by atoms with Crippen LogP contribution in [0.25, 0.3) is 11.3 Å². The van der Waals surface area contributed by atoms with Crippen LogP contribution >= 0.6 is 19.8 Å². The van der Waals surface area contributed by atoms with Crippen LogP contribution in [-0.4, -0.2) is 25.0 Å². The number of benzene rings is 1. The van der Waals surface area contributed by atoms with Crippen LogP contribution in [0.5, 0.6) is 11.5 Å². The maximum absolute atomic E-state index is 13.7. The first-order valence-electron chi connectivity index (χ1n) is 10.5. The van der Waals surface area contributed by atoms with E-state index in [2.05, 4.69) is 14.5 Å². The van der Waals surface area contributed by atoms with Gasteiger partial charge in [0.15, 0.2) is 0 Å². The topological polar surface area (TPSA) is 81.3 Å². The Morgan fingerprint density at radius 2 is 1.88 bits per heavy atom. The Kier molecular flexibility index (Phi) is 5.26. The van der Waals surface area contributed by atoms with Gasteiger partial charge in [0, 0.05) is 0 Å². The van der Waals surface area contributed by atoms with Crippen LogP contribution in [0, 0.1) is 3.70 Å². The first-order valence-corrected chi connectivity index (χ1v) is 14.8. The summed E-state index contributed by atoms with van der Waals surface area (Å²) in [7, 11) is 0. The number of alkyl halides is 3. The summed E-state index contributed by atoms with van der Waals surface area (Å²) < 4.78 is 36.8. The zero-order valence-electron chi connectivity index (χ0n) is 18.0. The van der Waals surface area contributed by atoms with E-state index >= 15 is 0 Å². The van der Waals surface area contributed by atoms with Gasteiger partial charge in [-0.15, -0.1) is 0 Å². The molecule has 3 heterocycles. The standard InChI is InChI=1S/C24H21F2IN2O4/c1-3-14-4-8-19(29-21(14)15-5-9-20(30)28-13-15)27(2)22(31)23(10-11-23)16-6-7-17-18(12-16)33-24(25,26)32-17/h4-9,12-13H,3,10-11H2,1-2H3,(H,28,30). The van der Waals surface area contributed by atoms with E-state index in [1.165, 1.54) is 18.2 Å². The molecule has 3 aromatic rings. The molecule has 33 heavy (non-hydrogen) atoms. The molecule has 0 bridgehead atoms. The van der Waals surface area contributed by atoms with Crippen molar-refractivity contribution >= 4 is 23.6 Å². The fourth-order valence-electron chi connectivity index (χ4n) is 4.04. The zero-order chi connectivity index (χ0) is 23.4. The van der Waals surface area contributed by atoms with Crippen molar-refractivity contribution in [2.45, 2.75) is 37.9 Å². The van der Waals surface area contributed by atoms with Gasteiger partial charge in [-0.2, -0.15) is 0 Å². The number of carbonyl (C=O) groups is 1. The van der Waals surface area contributed by atoms with Gasteiger partial charge in [0.1, 0.15) is 0 Å². The molecule has 1 N–H and O–H groups in total. The number of aryl methyl sites for hydroxylation is 1. The van der Waals surface area contributed by atoms with Gasteiger partial charge < -0.3 is 0 Å². The molecule has 6 nitrogen and oxygen atoms in total. The molecular weight excluding hydrogens is 545 g/mol. The van der Waals surface area contributed by atoms with E-state index in [4.69, 9.17) is 4.98 Å². The molecule has 9 heteroatoms. The van der Waals surface area contributed by atoms with Gasteiger partial charge >= 0.3 is 196 Å². The Bertz CT molecular complexity index is 1300. The maximum atomic E-state index is 13.7. The van der Waals surface area contributed by atoms with Crippen molar-refractivity contribution in [3.8, 4) is 22.8 Å². The van der Waals surface area contributed by atoms with E-state index in [9.17, 15) is 18.4 Å². The van der Waals surface area contributed by atoms with Gasteiger partial charge in [0.05, 0.1) is 0 Å². The Hall–Kier alpha value is -2.82. The van der Waals surface area contributed by atoms with Crippen LogP contribution < -0.4 is 15.0 Å². The van der Waals surface area contributed by atoms with Crippen molar-refractivity contribution in [3.63, 3.8) is 0 Å². The second kappa shape index (κ2) is 7.89. The third kappa shape index (κ3) is 3.92. The second-order valence-electron chi connectivity index (χ2n) is 8.09. The number of ether oxygens (including phenoxy) is 2. The average Bonchev–Trinajstić information content (AvgIpc) is 3.55. The zero-order valence-corrected chi connectivity index (χ0v) is 20.1. The molecule has 2 aliphatic rings. The number of hydrogen-bond acceptors (Lipinski definition) is 5. The van der Waals surface area contributed by atoms with Crippen LogP contribution in [0.4, 0.5) is 8.78 Å². The van der Waals surface area contributed by atoms with Crippen molar-refractivity contribution in [2.24, 2.45) is 0 Å². The van der Waals surface area contributed by atoms with E-state index in [0.717, 1.165) is 26.9 Å². The molecule has 1 fully saturated rings. The molecule has 0 atom stereocenters. The second-order valence-corrected chi connectivity index (χ2v) is 12.9. The summed E-state index contributed by atoms with van der Waals surface area (Å²) in [5, 5.41) is 0. The number of nitrogens with zero attached hydrogens (tertiary/aromatic N) is 1. The molecule has 0 saturated heterocycles. The summed E-state index contributed by atoms with van der Waals surface area (Å²) in [5.74, 6) is -0.0694. The van der Waals surface area contributed by atoms with Crippen molar-refractivity contribution in [2.75, 3.05) is 4.93 Å². The van der Waals surface area contributed by atoms with E-state index in [1.807, 2.05) is 24.0 Å². The van der Waals surface area contributed by atoms with Crippen LogP contribution in [0.1, 0.15) is 30.9 Å². The summed E-state index contributed by atoms with van der Waals surface area (Å²) in [5.41, 5.74) is 2.40. The average molecular weight is 566 g/mol. The number of carbonyl (C=O) groups excluding carboxylic acids is 1. The van der Waals surface area contributed by atoms with E-state index in [0.29, 0.717) is 18.4 Å². The summed E-state index contributed by atoms with van der Waals surface area (Å²) >= 11 is -2.38. The predicted molar refractivity (Wildman–Crippen MR) is 127 cm³/mol. The number of hydrogen-bond donors (Lipinski definition) is 1. The van der Waals surface area contributed by atoms with Crippen molar-refractivity contribution in [1.82, 2.24) is 9.97 Å². The van der Waals surface area contributed by atoms with Crippen LogP contribution in [0.3, 0.4) is 0 Å². The van der Waals surface area contributed by atoms with Gasteiger partial charge in [-0.3, -0.25) is 0 Å². The molecule has 1 aromatic carbocycles. The minimum atomic E-state index is -3.69. The quantitative estimate of drug-likeness (QED) is 0.199. The molecule has 1 saturated carbocycles. The number of rotatable bonds is 6. The summed E-state index contributed by atoms with van der Waals surface area (Å²) in [4.78, 5) is 34.6. The number of pyridine rings is 2. The van der Waals surface area contributed by atoms with Crippen molar-refractivity contribution < 1.29 is 23.0 Å². The number of nitrogens with one attached hydrogen (secondary N) is 1. The Morgan fingerprint density at radius 3 is 2.55 bits per heavy atom. The number of H-pyrrole nitrogens is 1. The molecule has 172 valence electrons. The van der Waals surface area contributed by atoms with Gasteiger partial charge in [0.25, 0.3) is 0 Å². The first-order chi connectivity index (χ1) is 15.7. The minimum absolute atomic E-state index is 0.0266. The molecule has 0 amide bonds. The molecule has 0 spiro atoms. The van der Waals surface area contributed by atoms with Crippen molar-refractivity contribution in [3.05, 3.63) is 73.8 Å². The van der Waals surface area contributed by atoms with Crippen LogP contribution in [0.2, 0.25) is 0 Å². The number of halogens is 3. The molecule has 1 aliphatic carbocycles. The molecule has 1 aliphatic heterocycles. The fourth-order valence-corrected chi connectivity index (χ4v) is 8.27. The number of aromatic amines is 1. The van der Waals surface area contributed by atoms with Crippen molar-refractivity contribution in [1.29, 1.82) is 0 Å². The van der Waals surface area contributed by atoms with Gasteiger partial charge in [-0.05, 0) is 0 Å². The SMILES string of the molecule is CCc1ccc(I(C)C(=O)C2(c3ccc4c(c3)OC(F)(F)O4)CC2)nc1-c1ccc(=O)[nH]c1. The van der Waals surface area contributed by atoms with Gasteiger partial charge in [-0.1, -0.05) is 0 Å². The Labute approximate surface area is 195 Å². The Balaban J connectivity index is 1.46. The molecule has 0 radical (unpaired) electrons. The molecule has 5 rings (SSSR count). The number of aromatic nitrogens is 2.